The molecule has 0 aliphatic heterocycles. The largest absolute Gasteiger partial charge is 0.488 e. The minimum absolute atomic E-state index is 0.0507. The molecule has 1 aromatic heterocycles. The first-order valence-corrected chi connectivity index (χ1v) is 7.26. The van der Waals surface area contributed by atoms with Crippen LogP contribution in [0.2, 0.25) is 0 Å². The highest BCUT2D eigenvalue weighted by molar-refractivity contribution is 7.18. The van der Waals surface area contributed by atoms with Gasteiger partial charge in [0.15, 0.2) is 0 Å². The van der Waals surface area contributed by atoms with Gasteiger partial charge < -0.3 is 9.84 Å². The van der Waals surface area contributed by atoms with E-state index in [0.29, 0.717) is 0 Å². The maximum absolute atomic E-state index is 9.91. The first-order valence-electron chi connectivity index (χ1n) is 6.44. The monoisotopic (exact) mass is 263 g/mol. The van der Waals surface area contributed by atoms with Crippen molar-refractivity contribution in [2.24, 2.45) is 0 Å². The first-order chi connectivity index (χ1) is 8.72. The summed E-state index contributed by atoms with van der Waals surface area (Å²) in [6, 6.07) is 5.97. The number of aliphatic hydroxyl groups is 1. The molecule has 0 bridgehead atoms. The van der Waals surface area contributed by atoms with Gasteiger partial charge in [-0.25, -0.2) is 4.98 Å². The Balaban J connectivity index is 1.81. The van der Waals surface area contributed by atoms with Gasteiger partial charge in [0.2, 0.25) is 0 Å². The topological polar surface area (TPSA) is 42.4 Å². The molecular weight excluding hydrogens is 246 g/mol. The zero-order valence-corrected chi connectivity index (χ0v) is 11.2. The number of aryl methyl sites for hydroxylation is 1. The molecule has 1 aliphatic rings. The van der Waals surface area contributed by atoms with Crippen LogP contribution in [-0.4, -0.2) is 22.3 Å². The number of aliphatic hydroxyl groups excluding tert-OH is 1. The van der Waals surface area contributed by atoms with E-state index < -0.39 is 0 Å². The number of rotatable bonds is 2. The maximum atomic E-state index is 9.91. The Kier molecular flexibility index (Phi) is 3.22. The van der Waals surface area contributed by atoms with Crippen molar-refractivity contribution < 1.29 is 9.84 Å². The number of thiazole rings is 1. The van der Waals surface area contributed by atoms with Gasteiger partial charge in [-0.1, -0.05) is 6.42 Å². The van der Waals surface area contributed by atoms with Crippen molar-refractivity contribution in [3.05, 3.63) is 23.2 Å². The summed E-state index contributed by atoms with van der Waals surface area (Å²) in [6.45, 7) is 2.01. The SMILES string of the molecule is Cc1nc2ccc(OC3CCCCC3O)cc2s1. The Labute approximate surface area is 110 Å². The van der Waals surface area contributed by atoms with Crippen molar-refractivity contribution in [2.45, 2.75) is 44.8 Å². The molecule has 0 amide bonds. The van der Waals surface area contributed by atoms with Crippen molar-refractivity contribution in [2.75, 3.05) is 0 Å². The number of fused-ring (bicyclic) bond motifs is 1. The predicted molar refractivity (Wildman–Crippen MR) is 73.2 cm³/mol. The average molecular weight is 263 g/mol. The average Bonchev–Trinajstić information content (AvgIpc) is 2.71. The lowest BCUT2D eigenvalue weighted by Gasteiger charge is -2.28. The Bertz CT molecular complexity index is 552. The Morgan fingerprint density at radius 1 is 1.33 bits per heavy atom. The second-order valence-corrected chi connectivity index (χ2v) is 6.11. The molecule has 18 heavy (non-hydrogen) atoms. The molecule has 1 fully saturated rings. The van der Waals surface area contributed by atoms with E-state index in [1.807, 2.05) is 25.1 Å². The highest BCUT2D eigenvalue weighted by Crippen LogP contribution is 2.29. The van der Waals surface area contributed by atoms with Crippen LogP contribution in [-0.2, 0) is 0 Å². The smallest absolute Gasteiger partial charge is 0.124 e. The number of nitrogens with zero attached hydrogens (tertiary/aromatic N) is 1. The molecule has 1 aliphatic carbocycles. The third-order valence-electron chi connectivity index (χ3n) is 3.42. The first kappa shape index (κ1) is 11.9. The van der Waals surface area contributed by atoms with Crippen LogP contribution in [0.5, 0.6) is 5.75 Å². The van der Waals surface area contributed by atoms with Gasteiger partial charge in [-0.15, -0.1) is 11.3 Å². The summed E-state index contributed by atoms with van der Waals surface area (Å²) in [5.41, 5.74) is 1.02. The molecule has 3 nitrogen and oxygen atoms in total. The van der Waals surface area contributed by atoms with Gasteiger partial charge in [-0.3, -0.25) is 0 Å². The molecule has 1 aromatic carbocycles. The van der Waals surface area contributed by atoms with Gasteiger partial charge in [0.1, 0.15) is 11.9 Å². The van der Waals surface area contributed by atoms with Gasteiger partial charge in [-0.2, -0.15) is 0 Å². The van der Waals surface area contributed by atoms with E-state index in [1.54, 1.807) is 11.3 Å². The van der Waals surface area contributed by atoms with E-state index in [9.17, 15) is 5.11 Å². The van der Waals surface area contributed by atoms with Crippen LogP contribution in [0.15, 0.2) is 18.2 Å². The maximum Gasteiger partial charge on any atom is 0.124 e. The molecule has 2 aromatic rings. The van der Waals surface area contributed by atoms with E-state index in [4.69, 9.17) is 4.74 Å². The van der Waals surface area contributed by atoms with Gasteiger partial charge in [-0.05, 0) is 44.4 Å². The Morgan fingerprint density at radius 2 is 2.17 bits per heavy atom. The lowest BCUT2D eigenvalue weighted by molar-refractivity contribution is 0.00695. The molecule has 4 heteroatoms. The van der Waals surface area contributed by atoms with E-state index >= 15 is 0 Å². The molecule has 96 valence electrons. The van der Waals surface area contributed by atoms with E-state index in [1.165, 1.54) is 0 Å². The van der Waals surface area contributed by atoms with Crippen molar-refractivity contribution in [3.8, 4) is 5.75 Å². The fourth-order valence-electron chi connectivity index (χ4n) is 2.48. The highest BCUT2D eigenvalue weighted by Gasteiger charge is 2.24. The second kappa shape index (κ2) is 4.86. The van der Waals surface area contributed by atoms with Crippen LogP contribution in [0, 0.1) is 6.92 Å². The van der Waals surface area contributed by atoms with E-state index in [-0.39, 0.29) is 12.2 Å². The van der Waals surface area contributed by atoms with Gasteiger partial charge in [0, 0.05) is 0 Å². The van der Waals surface area contributed by atoms with Crippen LogP contribution in [0.25, 0.3) is 10.2 Å². The van der Waals surface area contributed by atoms with Crippen molar-refractivity contribution in [3.63, 3.8) is 0 Å². The van der Waals surface area contributed by atoms with Crippen LogP contribution in [0.4, 0.5) is 0 Å². The number of ether oxygens (including phenoxy) is 1. The van der Waals surface area contributed by atoms with Crippen LogP contribution < -0.4 is 4.74 Å². The molecule has 0 spiro atoms. The fourth-order valence-corrected chi connectivity index (χ4v) is 3.34. The predicted octanol–water partition coefficient (Wildman–Crippen LogP) is 3.29. The lowest BCUT2D eigenvalue weighted by Crippen LogP contribution is -2.34. The van der Waals surface area contributed by atoms with Gasteiger partial charge >= 0.3 is 0 Å². The number of hydrogen-bond acceptors (Lipinski definition) is 4. The van der Waals surface area contributed by atoms with Crippen molar-refractivity contribution in [1.82, 2.24) is 4.98 Å². The quantitative estimate of drug-likeness (QED) is 0.904. The minimum atomic E-state index is -0.322. The number of aromatic nitrogens is 1. The normalized spacial score (nSPS) is 24.3. The summed E-state index contributed by atoms with van der Waals surface area (Å²) in [7, 11) is 0. The standard InChI is InChI=1S/C14H17NO2S/c1-9-15-11-7-6-10(8-14(11)18-9)17-13-5-3-2-4-12(13)16/h6-8,12-13,16H,2-5H2,1H3. The van der Waals surface area contributed by atoms with Crippen LogP contribution >= 0.6 is 11.3 Å². The number of benzene rings is 1. The van der Waals surface area contributed by atoms with Gasteiger partial charge in [0.25, 0.3) is 0 Å². The number of hydrogen-bond donors (Lipinski definition) is 1. The molecule has 0 radical (unpaired) electrons. The third-order valence-corrected chi connectivity index (χ3v) is 4.36. The summed E-state index contributed by atoms with van der Waals surface area (Å²) in [4.78, 5) is 4.43. The summed E-state index contributed by atoms with van der Waals surface area (Å²) < 4.78 is 7.06. The molecule has 1 saturated carbocycles. The second-order valence-electron chi connectivity index (χ2n) is 4.87. The zero-order chi connectivity index (χ0) is 12.5. The van der Waals surface area contributed by atoms with Crippen LogP contribution in [0.3, 0.4) is 0 Å². The molecule has 0 saturated heterocycles. The minimum Gasteiger partial charge on any atom is -0.488 e. The summed E-state index contributed by atoms with van der Waals surface area (Å²) >= 11 is 1.68. The van der Waals surface area contributed by atoms with E-state index in [0.717, 1.165) is 46.7 Å². The summed E-state index contributed by atoms with van der Waals surface area (Å²) in [5.74, 6) is 0.845. The highest BCUT2D eigenvalue weighted by atomic mass is 32.1. The molecule has 1 N–H and O–H groups in total. The molecule has 1 heterocycles. The van der Waals surface area contributed by atoms with Crippen LogP contribution in [0.1, 0.15) is 30.7 Å². The Morgan fingerprint density at radius 3 is 3.00 bits per heavy atom. The van der Waals surface area contributed by atoms with Crippen molar-refractivity contribution >= 4 is 21.6 Å². The summed E-state index contributed by atoms with van der Waals surface area (Å²) in [6.07, 6.45) is 3.67. The molecule has 3 rings (SSSR count). The molecule has 2 atom stereocenters. The third kappa shape index (κ3) is 2.35. The van der Waals surface area contributed by atoms with Gasteiger partial charge in [0.05, 0.1) is 21.3 Å². The van der Waals surface area contributed by atoms with E-state index in [2.05, 4.69) is 4.98 Å². The summed E-state index contributed by atoms with van der Waals surface area (Å²) in [5, 5.41) is 11.0. The molecular formula is C14H17NO2S. The fraction of sp³-hybridized carbons (Fsp3) is 0.500. The van der Waals surface area contributed by atoms with Crippen molar-refractivity contribution in [1.29, 1.82) is 0 Å². The lowest BCUT2D eigenvalue weighted by atomic mass is 9.95. The Hall–Kier alpha value is -1.13. The zero-order valence-electron chi connectivity index (χ0n) is 10.4. The molecule has 2 unspecified atom stereocenters.